The van der Waals surface area contributed by atoms with Crippen molar-refractivity contribution in [2.75, 3.05) is 14.2 Å². The van der Waals surface area contributed by atoms with Crippen LogP contribution >= 0.6 is 23.1 Å². The molecule has 0 N–H and O–H groups in total. The van der Waals surface area contributed by atoms with Crippen LogP contribution in [0.25, 0.3) is 10.2 Å². The molecule has 0 amide bonds. The van der Waals surface area contributed by atoms with Gasteiger partial charge in [0.15, 0.2) is 16.7 Å². The minimum absolute atomic E-state index is 0.0749. The van der Waals surface area contributed by atoms with Crippen LogP contribution in [0.4, 0.5) is 0 Å². The Balaban J connectivity index is 1.67. The van der Waals surface area contributed by atoms with Crippen LogP contribution in [0, 0.1) is 6.92 Å². The normalized spacial score (nSPS) is 13.2. The molecule has 142 valence electrons. The molecule has 0 fully saturated rings. The molecule has 0 saturated heterocycles. The molecular formula is C20H22N2O3S2. The van der Waals surface area contributed by atoms with Crippen LogP contribution in [-0.2, 0) is 25.6 Å². The quantitative estimate of drug-likeness (QED) is 0.475. The second-order valence-corrected chi connectivity index (χ2v) is 8.74. The van der Waals surface area contributed by atoms with Gasteiger partial charge in [0.05, 0.1) is 19.6 Å². The average molecular weight is 403 g/mol. The van der Waals surface area contributed by atoms with Crippen molar-refractivity contribution in [3.63, 3.8) is 0 Å². The van der Waals surface area contributed by atoms with Crippen molar-refractivity contribution >= 4 is 33.3 Å². The molecule has 2 aromatic heterocycles. The number of nitrogens with zero attached hydrogens (tertiary/aromatic N) is 2. The molecule has 0 atom stereocenters. The molecule has 7 heteroatoms. The highest BCUT2D eigenvalue weighted by Crippen LogP contribution is 2.36. The minimum atomic E-state index is 0.0749. The van der Waals surface area contributed by atoms with E-state index in [0.717, 1.165) is 51.5 Å². The van der Waals surface area contributed by atoms with Gasteiger partial charge in [-0.25, -0.2) is 4.98 Å². The standard InChI is InChI=1S/C20H22N2O3S2/c1-11-8-14(24-3)15(25-4)9-12(11)10-26-20-21-18-17(19(23)22(20)2)13-6-5-7-16(13)27-18/h8-9H,5-7,10H2,1-4H3. The van der Waals surface area contributed by atoms with E-state index in [9.17, 15) is 4.79 Å². The van der Waals surface area contributed by atoms with Crippen LogP contribution < -0.4 is 15.0 Å². The monoisotopic (exact) mass is 402 g/mol. The molecule has 4 rings (SSSR count). The van der Waals surface area contributed by atoms with Gasteiger partial charge in [-0.05, 0) is 55.0 Å². The van der Waals surface area contributed by atoms with Crippen molar-refractivity contribution < 1.29 is 9.47 Å². The Kier molecular flexibility index (Phi) is 4.90. The van der Waals surface area contributed by atoms with Crippen molar-refractivity contribution in [1.29, 1.82) is 0 Å². The van der Waals surface area contributed by atoms with Gasteiger partial charge in [0, 0.05) is 17.7 Å². The molecule has 0 spiro atoms. The van der Waals surface area contributed by atoms with Crippen LogP contribution in [0.3, 0.4) is 0 Å². The predicted octanol–water partition coefficient (Wildman–Crippen LogP) is 4.10. The van der Waals surface area contributed by atoms with Gasteiger partial charge in [0.1, 0.15) is 4.83 Å². The molecule has 0 radical (unpaired) electrons. The number of fused-ring (bicyclic) bond motifs is 3. The summed E-state index contributed by atoms with van der Waals surface area (Å²) in [5.74, 6) is 2.15. The van der Waals surface area contributed by atoms with Crippen LogP contribution in [-0.4, -0.2) is 23.8 Å². The fraction of sp³-hybridized carbons (Fsp3) is 0.400. The summed E-state index contributed by atoms with van der Waals surface area (Å²) in [6, 6.07) is 3.98. The van der Waals surface area contributed by atoms with E-state index in [1.54, 1.807) is 41.9 Å². The summed E-state index contributed by atoms with van der Waals surface area (Å²) < 4.78 is 12.5. The maximum Gasteiger partial charge on any atom is 0.262 e. The highest BCUT2D eigenvalue weighted by atomic mass is 32.2. The first kappa shape index (κ1) is 18.4. The summed E-state index contributed by atoms with van der Waals surface area (Å²) in [5.41, 5.74) is 3.57. The lowest BCUT2D eigenvalue weighted by atomic mass is 10.1. The van der Waals surface area contributed by atoms with Crippen LogP contribution in [0.5, 0.6) is 11.5 Å². The van der Waals surface area contributed by atoms with E-state index < -0.39 is 0 Å². The van der Waals surface area contributed by atoms with E-state index >= 15 is 0 Å². The van der Waals surface area contributed by atoms with Gasteiger partial charge in [-0.1, -0.05) is 11.8 Å². The lowest BCUT2D eigenvalue weighted by Gasteiger charge is -2.13. The van der Waals surface area contributed by atoms with Gasteiger partial charge in [0.2, 0.25) is 0 Å². The Morgan fingerprint density at radius 2 is 1.96 bits per heavy atom. The highest BCUT2D eigenvalue weighted by molar-refractivity contribution is 7.98. The number of aryl methyl sites for hydroxylation is 3. The maximum atomic E-state index is 12.9. The molecule has 0 saturated carbocycles. The summed E-state index contributed by atoms with van der Waals surface area (Å²) in [4.78, 5) is 19.9. The molecule has 5 nitrogen and oxygen atoms in total. The van der Waals surface area contributed by atoms with E-state index in [1.165, 1.54) is 10.4 Å². The van der Waals surface area contributed by atoms with Crippen LogP contribution in [0.15, 0.2) is 22.1 Å². The fourth-order valence-corrected chi connectivity index (χ4v) is 5.89. The summed E-state index contributed by atoms with van der Waals surface area (Å²) >= 11 is 3.26. The van der Waals surface area contributed by atoms with E-state index in [1.807, 2.05) is 19.2 Å². The van der Waals surface area contributed by atoms with Gasteiger partial charge in [-0.15, -0.1) is 11.3 Å². The molecule has 3 aromatic rings. The SMILES string of the molecule is COc1cc(C)c(CSc2nc3sc4c(c3c(=O)n2C)CCC4)cc1OC. The molecule has 1 aliphatic rings. The molecule has 1 aliphatic carbocycles. The van der Waals surface area contributed by atoms with Crippen molar-refractivity contribution in [1.82, 2.24) is 9.55 Å². The molecule has 0 aliphatic heterocycles. The summed E-state index contributed by atoms with van der Waals surface area (Å²) in [7, 11) is 5.09. The molecule has 27 heavy (non-hydrogen) atoms. The lowest BCUT2D eigenvalue weighted by molar-refractivity contribution is 0.354. The molecule has 0 unspecified atom stereocenters. The number of rotatable bonds is 5. The van der Waals surface area contributed by atoms with E-state index in [2.05, 4.69) is 6.92 Å². The molecule has 0 bridgehead atoms. The summed E-state index contributed by atoms with van der Waals surface area (Å²) in [6.07, 6.45) is 3.23. The average Bonchev–Trinajstić information content (AvgIpc) is 3.24. The third kappa shape index (κ3) is 3.12. The smallest absolute Gasteiger partial charge is 0.262 e. The van der Waals surface area contributed by atoms with Gasteiger partial charge in [0.25, 0.3) is 5.56 Å². The van der Waals surface area contributed by atoms with E-state index in [0.29, 0.717) is 11.5 Å². The Morgan fingerprint density at radius 3 is 2.70 bits per heavy atom. The fourth-order valence-electron chi connectivity index (χ4n) is 3.56. The first-order valence-corrected chi connectivity index (χ1v) is 10.7. The van der Waals surface area contributed by atoms with Gasteiger partial charge >= 0.3 is 0 Å². The largest absolute Gasteiger partial charge is 0.493 e. The van der Waals surface area contributed by atoms with Crippen molar-refractivity contribution in [2.24, 2.45) is 7.05 Å². The molecule has 1 aromatic carbocycles. The van der Waals surface area contributed by atoms with E-state index in [4.69, 9.17) is 14.5 Å². The zero-order valence-electron chi connectivity index (χ0n) is 15.9. The first-order chi connectivity index (χ1) is 13.0. The number of thioether (sulfide) groups is 1. The number of aromatic nitrogens is 2. The number of hydrogen-bond donors (Lipinski definition) is 0. The number of hydrogen-bond acceptors (Lipinski definition) is 6. The number of thiophene rings is 1. The van der Waals surface area contributed by atoms with E-state index in [-0.39, 0.29) is 5.56 Å². The van der Waals surface area contributed by atoms with Gasteiger partial charge in [-0.2, -0.15) is 0 Å². The highest BCUT2D eigenvalue weighted by Gasteiger charge is 2.22. The predicted molar refractivity (Wildman–Crippen MR) is 111 cm³/mol. The lowest BCUT2D eigenvalue weighted by Crippen LogP contribution is -2.20. The first-order valence-electron chi connectivity index (χ1n) is 8.89. The van der Waals surface area contributed by atoms with Crippen molar-refractivity contribution in [2.45, 2.75) is 37.1 Å². The van der Waals surface area contributed by atoms with Crippen LogP contribution in [0.1, 0.15) is 28.0 Å². The molecule has 2 heterocycles. The zero-order valence-corrected chi connectivity index (χ0v) is 17.6. The number of methoxy groups -OCH3 is 2. The Hall–Kier alpha value is -1.99. The topological polar surface area (TPSA) is 53.3 Å². The Bertz CT molecular complexity index is 1090. The number of benzene rings is 1. The molecular weight excluding hydrogens is 380 g/mol. The Labute approximate surface area is 166 Å². The number of ether oxygens (including phenoxy) is 2. The summed E-state index contributed by atoms with van der Waals surface area (Å²) in [5, 5.41) is 1.59. The minimum Gasteiger partial charge on any atom is -0.493 e. The van der Waals surface area contributed by atoms with Crippen LogP contribution in [0.2, 0.25) is 0 Å². The Morgan fingerprint density at radius 1 is 1.22 bits per heavy atom. The van der Waals surface area contributed by atoms with Crippen molar-refractivity contribution in [3.8, 4) is 11.5 Å². The van der Waals surface area contributed by atoms with Gasteiger partial charge in [-0.3, -0.25) is 9.36 Å². The second-order valence-electron chi connectivity index (χ2n) is 6.72. The second kappa shape index (κ2) is 7.20. The summed E-state index contributed by atoms with van der Waals surface area (Å²) in [6.45, 7) is 2.05. The maximum absolute atomic E-state index is 12.9. The third-order valence-corrected chi connectivity index (χ3v) is 7.37. The third-order valence-electron chi connectivity index (χ3n) is 5.10. The van der Waals surface area contributed by atoms with Gasteiger partial charge < -0.3 is 9.47 Å². The van der Waals surface area contributed by atoms with Crippen molar-refractivity contribution in [3.05, 3.63) is 44.1 Å². The zero-order chi connectivity index (χ0) is 19.1.